The van der Waals surface area contributed by atoms with E-state index >= 15 is 0 Å². The molecule has 2 aliphatic heterocycles. The van der Waals surface area contributed by atoms with E-state index in [-0.39, 0.29) is 24.0 Å². The Labute approximate surface area is 190 Å². The summed E-state index contributed by atoms with van der Waals surface area (Å²) in [6, 6.07) is 7.45. The fraction of sp³-hybridized carbons (Fsp3) is 0.304. The number of hydrogen-bond acceptors (Lipinski definition) is 9. The molecular weight excluding hydrogens is 422 g/mol. The maximum Gasteiger partial charge on any atom is 0.237 e. The number of nitrogens with zero attached hydrogens (tertiary/aromatic N) is 5. The first kappa shape index (κ1) is 20.6. The summed E-state index contributed by atoms with van der Waals surface area (Å²) in [7, 11) is 3.08. The second kappa shape index (κ2) is 7.70. The average Bonchev–Trinajstić information content (AvgIpc) is 3.46. The summed E-state index contributed by atoms with van der Waals surface area (Å²) in [5.41, 5.74) is 14.1. The van der Waals surface area contributed by atoms with Crippen molar-refractivity contribution >= 4 is 45.6 Å². The van der Waals surface area contributed by atoms with Gasteiger partial charge in [0.05, 0.1) is 31.7 Å². The second-order valence-corrected chi connectivity index (χ2v) is 8.03. The Morgan fingerprint density at radius 3 is 2.15 bits per heavy atom. The van der Waals surface area contributed by atoms with E-state index in [1.165, 1.54) is 19.1 Å². The Morgan fingerprint density at radius 1 is 0.970 bits per heavy atom. The van der Waals surface area contributed by atoms with Gasteiger partial charge in [0.2, 0.25) is 5.91 Å². The fourth-order valence-electron chi connectivity index (χ4n) is 4.65. The van der Waals surface area contributed by atoms with Gasteiger partial charge in [0.1, 0.15) is 46.4 Å². The molecule has 4 N–H and O–H groups in total. The standard InChI is InChI=1S/C23H23N7O3/c1-32-13-7-12(8-14(9-13)33-2)30-17(31)10-15-18-16(11-24)22(29-5-3-4-6-29)27-20(25)19(18)21(26)28-23(15)30/h7-9H,3-6,10H2,1-2H3,(H2,25,27)(H2,26,28). The number of fused-ring (bicyclic) bond motifs is 3. The number of aromatic nitrogens is 2. The molecule has 0 atom stereocenters. The smallest absolute Gasteiger partial charge is 0.237 e. The lowest BCUT2D eigenvalue weighted by Crippen LogP contribution is -2.22. The first-order chi connectivity index (χ1) is 16.0. The van der Waals surface area contributed by atoms with Crippen LogP contribution in [0.2, 0.25) is 0 Å². The summed E-state index contributed by atoms with van der Waals surface area (Å²) in [6.45, 7) is 1.59. The number of anilines is 5. The molecule has 0 spiro atoms. The molecule has 4 heterocycles. The molecule has 1 fully saturated rings. The van der Waals surface area contributed by atoms with Crippen molar-refractivity contribution in [2.24, 2.45) is 0 Å². The number of hydrogen-bond donors (Lipinski definition) is 2. The van der Waals surface area contributed by atoms with E-state index in [2.05, 4.69) is 20.9 Å². The SMILES string of the molecule is COc1cc(OC)cc(N2C(=O)Cc3c2nc(N)c2c(N)nc(N4CCCC4)c(C#N)c32)c1. The Morgan fingerprint density at radius 2 is 1.58 bits per heavy atom. The van der Waals surface area contributed by atoms with Crippen LogP contribution in [0.15, 0.2) is 18.2 Å². The van der Waals surface area contributed by atoms with Crippen molar-refractivity contribution < 1.29 is 14.3 Å². The van der Waals surface area contributed by atoms with E-state index in [4.69, 9.17) is 20.9 Å². The number of amides is 1. The topological polar surface area (TPSA) is 144 Å². The fourth-order valence-corrected chi connectivity index (χ4v) is 4.65. The number of methoxy groups -OCH3 is 2. The molecule has 10 heteroatoms. The molecule has 0 aliphatic carbocycles. The molecule has 0 radical (unpaired) electrons. The minimum absolute atomic E-state index is 0.0518. The number of pyridine rings is 2. The van der Waals surface area contributed by atoms with Crippen LogP contribution in [0.5, 0.6) is 11.5 Å². The summed E-state index contributed by atoms with van der Waals surface area (Å²) in [5, 5.41) is 11.1. The molecule has 0 bridgehead atoms. The number of carbonyl (C=O) groups is 1. The third kappa shape index (κ3) is 3.12. The van der Waals surface area contributed by atoms with Crippen molar-refractivity contribution in [3.05, 3.63) is 29.3 Å². The first-order valence-electron chi connectivity index (χ1n) is 10.6. The zero-order chi connectivity index (χ0) is 23.3. The lowest BCUT2D eigenvalue weighted by molar-refractivity contribution is -0.116. The number of nitrogen functional groups attached to an aromatic ring is 2. The molecule has 1 saturated heterocycles. The van der Waals surface area contributed by atoms with Crippen LogP contribution in [0.4, 0.5) is 29.0 Å². The molecule has 1 aromatic carbocycles. The van der Waals surface area contributed by atoms with Gasteiger partial charge in [-0.25, -0.2) is 9.97 Å². The van der Waals surface area contributed by atoms with Crippen molar-refractivity contribution in [3.8, 4) is 17.6 Å². The van der Waals surface area contributed by atoms with Gasteiger partial charge in [-0.2, -0.15) is 5.26 Å². The molecule has 168 valence electrons. The number of nitriles is 1. The third-order valence-corrected chi connectivity index (χ3v) is 6.16. The lowest BCUT2D eigenvalue weighted by atomic mass is 10.0. The predicted molar refractivity (Wildman–Crippen MR) is 125 cm³/mol. The van der Waals surface area contributed by atoms with Gasteiger partial charge < -0.3 is 25.8 Å². The Hall–Kier alpha value is -4.26. The van der Waals surface area contributed by atoms with E-state index in [9.17, 15) is 10.1 Å². The zero-order valence-electron chi connectivity index (χ0n) is 18.4. The quantitative estimate of drug-likeness (QED) is 0.619. The summed E-state index contributed by atoms with van der Waals surface area (Å²) in [5.74, 6) is 2.07. The molecule has 2 aliphatic rings. The van der Waals surface area contributed by atoms with Crippen LogP contribution in [0.3, 0.4) is 0 Å². The van der Waals surface area contributed by atoms with Crippen molar-refractivity contribution in [2.75, 3.05) is 48.6 Å². The molecule has 0 unspecified atom stereocenters. The number of nitrogens with two attached hydrogens (primary N) is 2. The number of rotatable bonds is 4. The Kier molecular flexibility index (Phi) is 4.82. The summed E-state index contributed by atoms with van der Waals surface area (Å²) < 4.78 is 10.7. The normalized spacial score (nSPS) is 15.1. The molecule has 3 aromatic rings. The van der Waals surface area contributed by atoms with Crippen LogP contribution >= 0.6 is 0 Å². The molecule has 0 saturated carbocycles. The lowest BCUT2D eigenvalue weighted by Gasteiger charge is -2.22. The summed E-state index contributed by atoms with van der Waals surface area (Å²) in [4.78, 5) is 25.8. The number of benzene rings is 1. The van der Waals surface area contributed by atoms with E-state index in [0.29, 0.717) is 50.7 Å². The maximum absolute atomic E-state index is 13.2. The molecule has 2 aromatic heterocycles. The maximum atomic E-state index is 13.2. The van der Waals surface area contributed by atoms with E-state index in [1.807, 2.05) is 0 Å². The zero-order valence-corrected chi connectivity index (χ0v) is 18.4. The van der Waals surface area contributed by atoms with Crippen molar-refractivity contribution in [2.45, 2.75) is 19.3 Å². The molecule has 10 nitrogen and oxygen atoms in total. The van der Waals surface area contributed by atoms with Crippen LogP contribution in [0, 0.1) is 11.3 Å². The Balaban J connectivity index is 1.78. The highest BCUT2D eigenvalue weighted by molar-refractivity contribution is 6.15. The summed E-state index contributed by atoms with van der Waals surface area (Å²) in [6.07, 6.45) is 2.09. The van der Waals surface area contributed by atoms with Gasteiger partial charge in [0.15, 0.2) is 0 Å². The van der Waals surface area contributed by atoms with Gasteiger partial charge in [-0.15, -0.1) is 0 Å². The molecule has 1 amide bonds. The molecule has 33 heavy (non-hydrogen) atoms. The largest absolute Gasteiger partial charge is 0.497 e. The van der Waals surface area contributed by atoms with Gasteiger partial charge in [0.25, 0.3) is 0 Å². The van der Waals surface area contributed by atoms with Crippen LogP contribution < -0.4 is 30.7 Å². The highest BCUT2D eigenvalue weighted by atomic mass is 16.5. The molecule has 5 rings (SSSR count). The van der Waals surface area contributed by atoms with Crippen molar-refractivity contribution in [1.82, 2.24) is 9.97 Å². The predicted octanol–water partition coefficient (Wildman–Crippen LogP) is 2.50. The van der Waals surface area contributed by atoms with Gasteiger partial charge >= 0.3 is 0 Å². The van der Waals surface area contributed by atoms with E-state index in [1.54, 1.807) is 18.2 Å². The highest BCUT2D eigenvalue weighted by Crippen LogP contribution is 2.45. The van der Waals surface area contributed by atoms with Crippen LogP contribution in [-0.2, 0) is 11.2 Å². The van der Waals surface area contributed by atoms with E-state index in [0.717, 1.165) is 25.9 Å². The number of ether oxygens (including phenoxy) is 2. The van der Waals surface area contributed by atoms with Crippen LogP contribution in [0.1, 0.15) is 24.0 Å². The van der Waals surface area contributed by atoms with Crippen LogP contribution in [0.25, 0.3) is 10.8 Å². The number of carbonyl (C=O) groups excluding carboxylic acids is 1. The summed E-state index contributed by atoms with van der Waals surface area (Å²) >= 11 is 0. The van der Waals surface area contributed by atoms with Gasteiger partial charge in [-0.1, -0.05) is 0 Å². The highest BCUT2D eigenvalue weighted by Gasteiger charge is 2.36. The van der Waals surface area contributed by atoms with Gasteiger partial charge in [-0.05, 0) is 12.8 Å². The third-order valence-electron chi connectivity index (χ3n) is 6.16. The second-order valence-electron chi connectivity index (χ2n) is 8.03. The van der Waals surface area contributed by atoms with Crippen molar-refractivity contribution in [1.29, 1.82) is 5.26 Å². The van der Waals surface area contributed by atoms with E-state index < -0.39 is 0 Å². The first-order valence-corrected chi connectivity index (χ1v) is 10.6. The van der Waals surface area contributed by atoms with Crippen LogP contribution in [-0.4, -0.2) is 43.2 Å². The monoisotopic (exact) mass is 445 g/mol. The van der Waals surface area contributed by atoms with Crippen molar-refractivity contribution in [3.63, 3.8) is 0 Å². The van der Waals surface area contributed by atoms with Gasteiger partial charge in [-0.3, -0.25) is 9.69 Å². The van der Waals surface area contributed by atoms with Gasteiger partial charge in [0, 0.05) is 42.2 Å². The molecular formula is C23H23N7O3. The average molecular weight is 445 g/mol. The minimum atomic E-state index is -0.207. The Bertz CT molecular complexity index is 1320. The minimum Gasteiger partial charge on any atom is -0.497 e.